The van der Waals surface area contributed by atoms with E-state index in [1.165, 1.54) is 11.1 Å². The Balaban J connectivity index is 1.68. The minimum absolute atomic E-state index is 0.183. The number of amides is 2. The average Bonchev–Trinajstić information content (AvgIpc) is 3.18. The highest BCUT2D eigenvalue weighted by Crippen LogP contribution is 2.24. The number of urea groups is 1. The molecule has 2 heterocycles. The van der Waals surface area contributed by atoms with Gasteiger partial charge >= 0.3 is 6.03 Å². The number of aromatic nitrogens is 4. The molecular weight excluding hydrogens is 392 g/mol. The summed E-state index contributed by atoms with van der Waals surface area (Å²) in [7, 11) is 0. The summed E-state index contributed by atoms with van der Waals surface area (Å²) in [6, 6.07) is 11.4. The molecule has 0 bridgehead atoms. The van der Waals surface area contributed by atoms with Crippen molar-refractivity contribution in [2.75, 3.05) is 5.32 Å². The van der Waals surface area contributed by atoms with Crippen molar-refractivity contribution in [2.24, 2.45) is 0 Å². The van der Waals surface area contributed by atoms with Crippen LogP contribution in [0.25, 0.3) is 17.2 Å². The predicted molar refractivity (Wildman–Crippen MR) is 121 cm³/mol. The number of benzene rings is 1. The normalized spacial score (nSPS) is 14.4. The van der Waals surface area contributed by atoms with Crippen molar-refractivity contribution in [3.05, 3.63) is 58.0 Å². The van der Waals surface area contributed by atoms with E-state index in [1.807, 2.05) is 44.2 Å². The first-order valence-corrected chi connectivity index (χ1v) is 10.9. The van der Waals surface area contributed by atoms with E-state index in [4.69, 9.17) is 0 Å². The molecule has 0 radical (unpaired) electrons. The minimum Gasteiger partial charge on any atom is -0.335 e. The lowest BCUT2D eigenvalue weighted by molar-refractivity contribution is 0.244. The van der Waals surface area contributed by atoms with Crippen LogP contribution < -0.4 is 16.2 Å². The van der Waals surface area contributed by atoms with Crippen LogP contribution in [0.4, 0.5) is 10.6 Å². The van der Waals surface area contributed by atoms with Crippen LogP contribution in [0.2, 0.25) is 0 Å². The van der Waals surface area contributed by atoms with Gasteiger partial charge in [0.15, 0.2) is 0 Å². The Morgan fingerprint density at radius 2 is 1.94 bits per heavy atom. The molecule has 31 heavy (non-hydrogen) atoms. The van der Waals surface area contributed by atoms with Crippen LogP contribution >= 0.6 is 0 Å². The molecule has 1 aromatic carbocycles. The number of hydrogen-bond acceptors (Lipinski definition) is 4. The number of H-pyrrole nitrogens is 1. The molecule has 3 N–H and O–H groups in total. The third-order valence-corrected chi connectivity index (χ3v) is 5.72. The summed E-state index contributed by atoms with van der Waals surface area (Å²) in [6.45, 7) is 3.73. The maximum atomic E-state index is 12.7. The Morgan fingerprint density at radius 1 is 1.19 bits per heavy atom. The maximum Gasteiger partial charge on any atom is 0.320 e. The monoisotopic (exact) mass is 420 g/mol. The Morgan fingerprint density at radius 3 is 2.61 bits per heavy atom. The predicted octanol–water partition coefficient (Wildman–Crippen LogP) is 3.95. The van der Waals surface area contributed by atoms with Gasteiger partial charge in [0.1, 0.15) is 5.82 Å². The van der Waals surface area contributed by atoms with Crippen molar-refractivity contribution < 1.29 is 4.79 Å². The molecule has 2 amide bonds. The van der Waals surface area contributed by atoms with E-state index in [0.29, 0.717) is 29.2 Å². The Kier molecular flexibility index (Phi) is 6.16. The summed E-state index contributed by atoms with van der Waals surface area (Å²) in [6.07, 6.45) is 6.07. The van der Waals surface area contributed by atoms with Gasteiger partial charge in [-0.15, -0.1) is 0 Å². The van der Waals surface area contributed by atoms with Crippen molar-refractivity contribution in [2.45, 2.75) is 58.4 Å². The average molecular weight is 421 g/mol. The summed E-state index contributed by atoms with van der Waals surface area (Å²) < 4.78 is 1.48. The molecule has 0 atom stereocenters. The number of aromatic amines is 1. The van der Waals surface area contributed by atoms with Crippen molar-refractivity contribution in [3.8, 4) is 17.2 Å². The standard InChI is InChI=1S/C23H28N6O2/c1-3-18-15(2)24-22(27-21(18)30)29-20(14-19(28-29)16-10-6-4-7-11-16)26-23(31)25-17-12-8-5-9-13-17/h4,6-7,10-11,14,17H,3,5,8-9,12-13H2,1-2H3,(H,24,27,30)(H2,25,26,31). The summed E-state index contributed by atoms with van der Waals surface area (Å²) in [5.41, 5.74) is 2.67. The van der Waals surface area contributed by atoms with Crippen LogP contribution in [-0.2, 0) is 6.42 Å². The zero-order valence-corrected chi connectivity index (χ0v) is 17.9. The van der Waals surface area contributed by atoms with Crippen LogP contribution in [-0.4, -0.2) is 31.8 Å². The third-order valence-electron chi connectivity index (χ3n) is 5.72. The topological polar surface area (TPSA) is 105 Å². The highest BCUT2D eigenvalue weighted by molar-refractivity contribution is 5.89. The Hall–Kier alpha value is -3.42. The lowest BCUT2D eigenvalue weighted by Crippen LogP contribution is -2.39. The number of anilines is 1. The molecule has 0 unspecified atom stereocenters. The van der Waals surface area contributed by atoms with Gasteiger partial charge in [0.2, 0.25) is 5.95 Å². The number of nitrogens with one attached hydrogen (secondary N) is 3. The highest BCUT2D eigenvalue weighted by Gasteiger charge is 2.19. The molecule has 8 nitrogen and oxygen atoms in total. The number of carbonyl (C=O) groups excluding carboxylic acids is 1. The van der Waals surface area contributed by atoms with Gasteiger partial charge in [-0.25, -0.2) is 9.78 Å². The van der Waals surface area contributed by atoms with Gasteiger partial charge in [0, 0.05) is 28.9 Å². The van der Waals surface area contributed by atoms with Crippen molar-refractivity contribution >= 4 is 11.8 Å². The zero-order chi connectivity index (χ0) is 21.8. The number of hydrogen-bond donors (Lipinski definition) is 3. The molecule has 1 aliphatic carbocycles. The van der Waals surface area contributed by atoms with Gasteiger partial charge in [0.05, 0.1) is 5.69 Å². The molecular formula is C23H28N6O2. The lowest BCUT2D eigenvalue weighted by atomic mass is 9.96. The number of carbonyl (C=O) groups is 1. The van der Waals surface area contributed by atoms with Crippen LogP contribution in [0.15, 0.2) is 41.2 Å². The number of aryl methyl sites for hydroxylation is 1. The molecule has 4 rings (SSSR count). The first-order chi connectivity index (χ1) is 15.0. The molecule has 1 saturated carbocycles. The van der Waals surface area contributed by atoms with Crippen molar-refractivity contribution in [1.82, 2.24) is 25.1 Å². The van der Waals surface area contributed by atoms with Gasteiger partial charge < -0.3 is 5.32 Å². The third kappa shape index (κ3) is 4.68. The van der Waals surface area contributed by atoms with Crippen LogP contribution in [0.1, 0.15) is 50.3 Å². The summed E-state index contributed by atoms with van der Waals surface area (Å²) in [5, 5.41) is 10.6. The van der Waals surface area contributed by atoms with E-state index in [0.717, 1.165) is 31.2 Å². The van der Waals surface area contributed by atoms with E-state index in [2.05, 4.69) is 25.7 Å². The van der Waals surface area contributed by atoms with Gasteiger partial charge in [-0.2, -0.15) is 9.78 Å². The lowest BCUT2D eigenvalue weighted by Gasteiger charge is -2.22. The molecule has 8 heteroatoms. The molecule has 1 fully saturated rings. The number of rotatable bonds is 5. The van der Waals surface area contributed by atoms with Crippen molar-refractivity contribution in [1.29, 1.82) is 0 Å². The second-order valence-corrected chi connectivity index (χ2v) is 7.93. The summed E-state index contributed by atoms with van der Waals surface area (Å²) in [4.78, 5) is 32.5. The molecule has 2 aromatic heterocycles. The van der Waals surface area contributed by atoms with Gasteiger partial charge in [-0.05, 0) is 26.2 Å². The Labute approximate surface area is 181 Å². The maximum absolute atomic E-state index is 12.7. The molecule has 0 aliphatic heterocycles. The molecule has 1 aliphatic rings. The largest absolute Gasteiger partial charge is 0.335 e. The fourth-order valence-electron chi connectivity index (χ4n) is 4.08. The van der Waals surface area contributed by atoms with E-state index in [9.17, 15) is 9.59 Å². The second kappa shape index (κ2) is 9.16. The Bertz CT molecular complexity index is 1110. The fourth-order valence-corrected chi connectivity index (χ4v) is 4.08. The minimum atomic E-state index is -0.281. The van der Waals surface area contributed by atoms with E-state index < -0.39 is 0 Å². The van der Waals surface area contributed by atoms with E-state index in [1.54, 1.807) is 6.07 Å². The first kappa shape index (κ1) is 20.8. The van der Waals surface area contributed by atoms with Crippen molar-refractivity contribution in [3.63, 3.8) is 0 Å². The first-order valence-electron chi connectivity index (χ1n) is 10.9. The smallest absolute Gasteiger partial charge is 0.320 e. The second-order valence-electron chi connectivity index (χ2n) is 7.93. The summed E-state index contributed by atoms with van der Waals surface area (Å²) >= 11 is 0. The highest BCUT2D eigenvalue weighted by atomic mass is 16.2. The molecule has 162 valence electrons. The fraction of sp³-hybridized carbons (Fsp3) is 0.391. The van der Waals surface area contributed by atoms with Crippen LogP contribution in [0.5, 0.6) is 0 Å². The van der Waals surface area contributed by atoms with Gasteiger partial charge in [0.25, 0.3) is 5.56 Å². The number of nitrogens with zero attached hydrogens (tertiary/aromatic N) is 3. The molecule has 3 aromatic rings. The molecule has 0 saturated heterocycles. The van der Waals surface area contributed by atoms with E-state index in [-0.39, 0.29) is 23.6 Å². The molecule has 0 spiro atoms. The quantitative estimate of drug-likeness (QED) is 0.581. The van der Waals surface area contributed by atoms with Gasteiger partial charge in [-0.1, -0.05) is 56.5 Å². The summed E-state index contributed by atoms with van der Waals surface area (Å²) in [5.74, 6) is 0.716. The zero-order valence-electron chi connectivity index (χ0n) is 17.9. The van der Waals surface area contributed by atoms with Crippen LogP contribution in [0.3, 0.4) is 0 Å². The van der Waals surface area contributed by atoms with Crippen LogP contribution in [0, 0.1) is 6.92 Å². The van der Waals surface area contributed by atoms with Gasteiger partial charge in [-0.3, -0.25) is 15.1 Å². The van der Waals surface area contributed by atoms with E-state index >= 15 is 0 Å². The SMILES string of the molecule is CCc1c(C)nc(-n2nc(-c3ccccc3)cc2NC(=O)NC2CCCCC2)[nH]c1=O.